The highest BCUT2D eigenvalue weighted by atomic mass is 15.0. The molecule has 3 nitrogen and oxygen atoms in total. The third-order valence-corrected chi connectivity index (χ3v) is 9.94. The fourth-order valence-electron chi connectivity index (χ4n) is 8.18. The van der Waals surface area contributed by atoms with Crippen molar-refractivity contribution in [1.82, 2.24) is 13.4 Å². The highest BCUT2D eigenvalue weighted by Gasteiger charge is 2.21. The summed E-state index contributed by atoms with van der Waals surface area (Å²) in [5, 5.41) is 10.1. The van der Waals surface area contributed by atoms with Crippen LogP contribution < -0.4 is 0 Å². The number of rotatable bonds is 1. The Morgan fingerprint density at radius 3 is 1.44 bits per heavy atom. The van der Waals surface area contributed by atoms with E-state index in [1.54, 1.807) is 0 Å². The van der Waals surface area contributed by atoms with Gasteiger partial charge in [0.15, 0.2) is 0 Å². The Morgan fingerprint density at radius 2 is 0.733 bits per heavy atom. The van der Waals surface area contributed by atoms with Crippen molar-refractivity contribution in [1.29, 1.82) is 0 Å². The molecule has 0 amide bonds. The highest BCUT2D eigenvalue weighted by Crippen LogP contribution is 2.42. The quantitative estimate of drug-likeness (QED) is 0.186. The average Bonchev–Trinajstić information content (AvgIpc) is 3.73. The minimum absolute atomic E-state index is 1.17. The van der Waals surface area contributed by atoms with Crippen molar-refractivity contribution in [3.63, 3.8) is 0 Å². The number of nitrogens with zero attached hydrogens (tertiary/aromatic N) is 3. The maximum absolute atomic E-state index is 2.53. The number of fused-ring (bicyclic) bond motifs is 13. The molecule has 0 unspecified atom stereocenters. The summed E-state index contributed by atoms with van der Waals surface area (Å²) in [6, 6.07) is 55.8. The second-order valence-corrected chi connectivity index (χ2v) is 12.2. The largest absolute Gasteiger partial charge is 0.309 e. The number of hydrogen-bond acceptors (Lipinski definition) is 0. The lowest BCUT2D eigenvalue weighted by atomic mass is 10.0. The summed E-state index contributed by atoms with van der Waals surface area (Å²) in [6.07, 6.45) is 0. The molecule has 7 aromatic carbocycles. The van der Waals surface area contributed by atoms with Crippen molar-refractivity contribution < 1.29 is 0 Å². The first-order valence-corrected chi connectivity index (χ1v) is 15.5. The summed E-state index contributed by atoms with van der Waals surface area (Å²) in [7, 11) is 0. The normalized spacial score (nSPS) is 12.4. The summed E-state index contributed by atoms with van der Waals surface area (Å²) in [6.45, 7) is 0. The first-order valence-electron chi connectivity index (χ1n) is 15.5. The summed E-state index contributed by atoms with van der Waals surface area (Å²) < 4.78 is 7.46. The third-order valence-electron chi connectivity index (χ3n) is 9.94. The zero-order valence-corrected chi connectivity index (χ0v) is 24.3. The second-order valence-electron chi connectivity index (χ2n) is 12.2. The van der Waals surface area contributed by atoms with Crippen molar-refractivity contribution in [2.75, 3.05) is 0 Å². The van der Waals surface area contributed by atoms with Crippen molar-refractivity contribution in [3.05, 3.63) is 152 Å². The summed E-state index contributed by atoms with van der Waals surface area (Å²) in [5.74, 6) is 0. The molecule has 3 heteroatoms. The lowest BCUT2D eigenvalue weighted by Gasteiger charge is -2.12. The van der Waals surface area contributed by atoms with Gasteiger partial charge in [-0.25, -0.2) is 0 Å². The van der Waals surface area contributed by atoms with Gasteiger partial charge in [-0.3, -0.25) is 0 Å². The number of aromatic nitrogens is 3. The van der Waals surface area contributed by atoms with Crippen LogP contribution >= 0.6 is 0 Å². The maximum Gasteiger partial charge on any atom is 0.0782 e. The zero-order chi connectivity index (χ0) is 29.2. The van der Waals surface area contributed by atoms with Crippen molar-refractivity contribution in [3.8, 4) is 5.69 Å². The van der Waals surface area contributed by atoms with E-state index in [0.717, 1.165) is 0 Å². The van der Waals surface area contributed by atoms with Gasteiger partial charge in [0.1, 0.15) is 0 Å². The van der Waals surface area contributed by atoms with Crippen LogP contribution in [0.3, 0.4) is 0 Å². The van der Waals surface area contributed by atoms with E-state index in [9.17, 15) is 0 Å². The van der Waals surface area contributed by atoms with Crippen LogP contribution in [0.2, 0.25) is 0 Å². The Morgan fingerprint density at radius 1 is 0.267 bits per heavy atom. The molecule has 0 saturated carbocycles. The minimum Gasteiger partial charge on any atom is -0.309 e. The van der Waals surface area contributed by atoms with E-state index in [4.69, 9.17) is 0 Å². The van der Waals surface area contributed by atoms with Crippen LogP contribution in [0, 0.1) is 0 Å². The van der Waals surface area contributed by atoms with E-state index < -0.39 is 0 Å². The Kier molecular flexibility index (Phi) is 4.32. The topological polar surface area (TPSA) is 13.8 Å². The van der Waals surface area contributed by atoms with Gasteiger partial charge in [-0.1, -0.05) is 103 Å². The lowest BCUT2D eigenvalue weighted by Crippen LogP contribution is -1.96. The molecular formula is C42H25N3. The molecule has 0 fully saturated rings. The second kappa shape index (κ2) is 8.31. The first kappa shape index (κ1) is 23.4. The maximum atomic E-state index is 2.53. The smallest absolute Gasteiger partial charge is 0.0782 e. The molecule has 208 valence electrons. The molecule has 0 radical (unpaired) electrons. The Hall–Kier alpha value is -6.06. The van der Waals surface area contributed by atoms with Crippen LogP contribution in [0.1, 0.15) is 0 Å². The summed E-state index contributed by atoms with van der Waals surface area (Å²) >= 11 is 0. The van der Waals surface area contributed by atoms with Crippen LogP contribution in [0.25, 0.3) is 92.9 Å². The van der Waals surface area contributed by atoms with Gasteiger partial charge >= 0.3 is 0 Å². The molecule has 0 saturated heterocycles. The molecular weight excluding hydrogens is 546 g/mol. The van der Waals surface area contributed by atoms with E-state index in [1.165, 1.54) is 92.9 Å². The molecule has 0 atom stereocenters. The number of benzene rings is 7. The third kappa shape index (κ3) is 2.86. The molecule has 0 spiro atoms. The van der Waals surface area contributed by atoms with Gasteiger partial charge in [0.25, 0.3) is 0 Å². The molecule has 4 aromatic heterocycles. The van der Waals surface area contributed by atoms with Gasteiger partial charge in [-0.15, -0.1) is 0 Å². The van der Waals surface area contributed by atoms with Gasteiger partial charge < -0.3 is 13.4 Å². The molecule has 4 heterocycles. The van der Waals surface area contributed by atoms with Crippen molar-refractivity contribution in [2.24, 2.45) is 0 Å². The Balaban J connectivity index is 1.54. The summed E-state index contributed by atoms with van der Waals surface area (Å²) in [5.41, 5.74) is 10.9. The number of hydrogen-bond donors (Lipinski definition) is 0. The molecule has 0 N–H and O–H groups in total. The first-order chi connectivity index (χ1) is 22.4. The molecule has 0 aliphatic rings. The molecule has 0 bridgehead atoms. The van der Waals surface area contributed by atoms with Gasteiger partial charge in [-0.2, -0.15) is 0 Å². The molecule has 0 aliphatic carbocycles. The zero-order valence-electron chi connectivity index (χ0n) is 24.3. The Labute approximate surface area is 257 Å². The SMILES string of the molecule is c1ccc(-n2c3ccccc3c3cc4c5cccc6c7ccccc7n(c7cccc8c9ccccc9n(c4cc32)c87)c65)cc1. The van der Waals surface area contributed by atoms with Crippen LogP contribution in [0.5, 0.6) is 0 Å². The van der Waals surface area contributed by atoms with Gasteiger partial charge in [0.2, 0.25) is 0 Å². The molecule has 0 aliphatic heterocycles. The highest BCUT2D eigenvalue weighted by molar-refractivity contribution is 6.25. The van der Waals surface area contributed by atoms with Crippen LogP contribution in [0.4, 0.5) is 0 Å². The van der Waals surface area contributed by atoms with E-state index in [0.29, 0.717) is 0 Å². The van der Waals surface area contributed by atoms with E-state index >= 15 is 0 Å². The standard InChI is InChI=1S/C42H25N3/c1-2-12-26(13-3-1)43-35-20-7-6-16-29(35)33-24-34-32-18-10-17-30-27-14-4-8-21-36(27)44(41(30)32)38-23-11-19-31-28-15-5-9-22-37(28)45(42(31)38)40(34)25-39(33)43/h1-25H. The van der Waals surface area contributed by atoms with E-state index in [-0.39, 0.29) is 0 Å². The predicted octanol–water partition coefficient (Wildman–Crippen LogP) is 11.1. The minimum atomic E-state index is 1.17. The van der Waals surface area contributed by atoms with Gasteiger partial charge in [0.05, 0.1) is 44.1 Å². The van der Waals surface area contributed by atoms with Crippen LogP contribution in [-0.4, -0.2) is 13.4 Å². The molecule has 11 aromatic rings. The molecule has 11 rings (SSSR count). The van der Waals surface area contributed by atoms with Crippen LogP contribution in [0.15, 0.2) is 152 Å². The van der Waals surface area contributed by atoms with E-state index in [2.05, 4.69) is 165 Å². The Bertz CT molecular complexity index is 3030. The van der Waals surface area contributed by atoms with E-state index in [1.807, 2.05) is 0 Å². The van der Waals surface area contributed by atoms with Gasteiger partial charge in [0, 0.05) is 48.8 Å². The summed E-state index contributed by atoms with van der Waals surface area (Å²) in [4.78, 5) is 0. The van der Waals surface area contributed by atoms with Crippen molar-refractivity contribution in [2.45, 2.75) is 0 Å². The predicted molar refractivity (Wildman–Crippen MR) is 190 cm³/mol. The monoisotopic (exact) mass is 571 g/mol. The fourth-order valence-corrected chi connectivity index (χ4v) is 8.18. The van der Waals surface area contributed by atoms with Gasteiger partial charge in [-0.05, 0) is 48.5 Å². The van der Waals surface area contributed by atoms with Crippen molar-refractivity contribution >= 4 is 87.2 Å². The fraction of sp³-hybridized carbons (Fsp3) is 0. The number of para-hydroxylation sites is 6. The molecule has 45 heavy (non-hydrogen) atoms. The lowest BCUT2D eigenvalue weighted by molar-refractivity contribution is 1.18. The average molecular weight is 572 g/mol. The van der Waals surface area contributed by atoms with Crippen LogP contribution in [-0.2, 0) is 0 Å².